The van der Waals surface area contributed by atoms with Gasteiger partial charge in [-0.3, -0.25) is 0 Å². The largest absolute Gasteiger partial charge is 0.303 e. The van der Waals surface area contributed by atoms with Crippen LogP contribution in [-0.2, 0) is 14.6 Å². The van der Waals surface area contributed by atoms with Gasteiger partial charge in [0, 0.05) is 6.42 Å². The minimum atomic E-state index is -3.33. The summed E-state index contributed by atoms with van der Waals surface area (Å²) in [5.41, 5.74) is 0. The van der Waals surface area contributed by atoms with Crippen LogP contribution < -0.4 is 0 Å². The van der Waals surface area contributed by atoms with Gasteiger partial charge in [-0.2, -0.15) is 0 Å². The molecule has 0 aromatic heterocycles. The van der Waals surface area contributed by atoms with Gasteiger partial charge >= 0.3 is 0 Å². The minimum Gasteiger partial charge on any atom is -0.303 e. The van der Waals surface area contributed by atoms with Gasteiger partial charge in [-0.05, 0) is 19.1 Å². The van der Waals surface area contributed by atoms with Crippen LogP contribution >= 0.6 is 0 Å². The molecule has 0 radical (unpaired) electrons. The first-order valence-corrected chi connectivity index (χ1v) is 5.86. The van der Waals surface area contributed by atoms with E-state index < -0.39 is 15.1 Å². The van der Waals surface area contributed by atoms with Crippen LogP contribution in [0.15, 0.2) is 35.2 Å². The van der Waals surface area contributed by atoms with Crippen molar-refractivity contribution in [3.05, 3.63) is 30.3 Å². The van der Waals surface area contributed by atoms with Crippen molar-refractivity contribution >= 4 is 16.1 Å². The number of sulfone groups is 1. The van der Waals surface area contributed by atoms with Crippen LogP contribution in [0.2, 0.25) is 0 Å². The number of aldehydes is 1. The monoisotopic (exact) mass is 212 g/mol. The lowest BCUT2D eigenvalue weighted by Gasteiger charge is -2.09. The molecule has 1 atom stereocenters. The van der Waals surface area contributed by atoms with E-state index in [0.717, 1.165) is 0 Å². The van der Waals surface area contributed by atoms with Gasteiger partial charge in [0.05, 0.1) is 10.1 Å². The van der Waals surface area contributed by atoms with E-state index in [1.807, 2.05) is 0 Å². The Morgan fingerprint density at radius 1 is 1.29 bits per heavy atom. The number of benzene rings is 1. The summed E-state index contributed by atoms with van der Waals surface area (Å²) in [7, 11) is -3.33. The van der Waals surface area contributed by atoms with Crippen LogP contribution in [0, 0.1) is 0 Å². The maximum Gasteiger partial charge on any atom is 0.181 e. The fourth-order valence-electron chi connectivity index (χ4n) is 1.10. The average Bonchev–Trinajstić information content (AvgIpc) is 2.19. The lowest BCUT2D eigenvalue weighted by atomic mass is 10.4. The quantitative estimate of drug-likeness (QED) is 0.709. The van der Waals surface area contributed by atoms with Gasteiger partial charge in [0.25, 0.3) is 0 Å². The smallest absolute Gasteiger partial charge is 0.181 e. The molecule has 0 aliphatic rings. The Morgan fingerprint density at radius 3 is 2.36 bits per heavy atom. The number of carbonyl (C=O) groups is 1. The van der Waals surface area contributed by atoms with Crippen LogP contribution in [0.3, 0.4) is 0 Å². The highest BCUT2D eigenvalue weighted by Crippen LogP contribution is 2.16. The highest BCUT2D eigenvalue weighted by atomic mass is 32.2. The molecule has 4 heteroatoms. The van der Waals surface area contributed by atoms with Crippen LogP contribution in [0.5, 0.6) is 0 Å². The van der Waals surface area contributed by atoms with E-state index in [-0.39, 0.29) is 11.3 Å². The molecule has 0 bridgehead atoms. The third-order valence-electron chi connectivity index (χ3n) is 2.03. The molecule has 0 heterocycles. The lowest BCUT2D eigenvalue weighted by molar-refractivity contribution is -0.107. The first-order chi connectivity index (χ1) is 6.59. The molecular weight excluding hydrogens is 200 g/mol. The molecular formula is C10H12O3S. The van der Waals surface area contributed by atoms with Gasteiger partial charge in [-0.1, -0.05) is 18.2 Å². The van der Waals surface area contributed by atoms with Crippen LogP contribution in [0.1, 0.15) is 13.3 Å². The van der Waals surface area contributed by atoms with Gasteiger partial charge < -0.3 is 4.79 Å². The van der Waals surface area contributed by atoms with Gasteiger partial charge in [0.1, 0.15) is 6.29 Å². The summed E-state index contributed by atoms with van der Waals surface area (Å²) in [5, 5.41) is -0.651. The number of carbonyl (C=O) groups excluding carboxylic acids is 1. The summed E-state index contributed by atoms with van der Waals surface area (Å²) in [6.45, 7) is 1.54. The molecule has 1 aromatic carbocycles. The number of rotatable bonds is 4. The molecule has 14 heavy (non-hydrogen) atoms. The second kappa shape index (κ2) is 4.37. The molecule has 1 rings (SSSR count). The zero-order valence-corrected chi connectivity index (χ0v) is 8.70. The molecule has 0 amide bonds. The summed E-state index contributed by atoms with van der Waals surface area (Å²) in [5.74, 6) is 0. The normalized spacial score (nSPS) is 13.5. The van der Waals surface area contributed by atoms with Crippen molar-refractivity contribution in [1.29, 1.82) is 0 Å². The van der Waals surface area contributed by atoms with Gasteiger partial charge in [-0.15, -0.1) is 0 Å². The van der Waals surface area contributed by atoms with Crippen molar-refractivity contribution < 1.29 is 13.2 Å². The Kier molecular flexibility index (Phi) is 3.41. The second-order valence-electron chi connectivity index (χ2n) is 3.07. The molecule has 0 spiro atoms. The number of hydrogen-bond acceptors (Lipinski definition) is 3. The van der Waals surface area contributed by atoms with Gasteiger partial charge in [-0.25, -0.2) is 8.42 Å². The van der Waals surface area contributed by atoms with E-state index in [1.54, 1.807) is 18.2 Å². The second-order valence-corrected chi connectivity index (χ2v) is 5.44. The van der Waals surface area contributed by atoms with E-state index >= 15 is 0 Å². The third-order valence-corrected chi connectivity index (χ3v) is 4.21. The predicted molar refractivity (Wildman–Crippen MR) is 53.8 cm³/mol. The molecule has 0 saturated heterocycles. The molecule has 1 unspecified atom stereocenters. The SMILES string of the molecule is CC(CC=O)S(=O)(=O)c1ccccc1. The number of hydrogen-bond donors (Lipinski definition) is 0. The fraction of sp³-hybridized carbons (Fsp3) is 0.300. The minimum absolute atomic E-state index is 0.0389. The highest BCUT2D eigenvalue weighted by Gasteiger charge is 2.21. The summed E-state index contributed by atoms with van der Waals surface area (Å²) >= 11 is 0. The molecule has 3 nitrogen and oxygen atoms in total. The Bertz CT molecular complexity index is 395. The summed E-state index contributed by atoms with van der Waals surface area (Å²) in [6, 6.07) is 8.16. The first-order valence-electron chi connectivity index (χ1n) is 4.31. The standard InChI is InChI=1S/C10H12O3S/c1-9(7-8-11)14(12,13)10-5-3-2-4-6-10/h2-6,8-9H,7H2,1H3. The van der Waals surface area contributed by atoms with Gasteiger partial charge in [0.2, 0.25) is 0 Å². The van der Waals surface area contributed by atoms with Crippen molar-refractivity contribution in [3.8, 4) is 0 Å². The molecule has 0 aliphatic heterocycles. The average molecular weight is 212 g/mol. The molecule has 0 fully saturated rings. The van der Waals surface area contributed by atoms with Crippen molar-refractivity contribution in [2.45, 2.75) is 23.5 Å². The Hall–Kier alpha value is -1.16. The third kappa shape index (κ3) is 2.20. The molecule has 76 valence electrons. The fourth-order valence-corrected chi connectivity index (χ4v) is 2.44. The Morgan fingerprint density at radius 2 is 1.86 bits per heavy atom. The summed E-state index contributed by atoms with van der Waals surface area (Å²) < 4.78 is 23.5. The predicted octanol–water partition coefficient (Wildman–Crippen LogP) is 1.44. The maximum absolute atomic E-state index is 11.8. The Labute approximate surface area is 83.7 Å². The van der Waals surface area contributed by atoms with Crippen molar-refractivity contribution in [2.24, 2.45) is 0 Å². The highest BCUT2D eigenvalue weighted by molar-refractivity contribution is 7.92. The van der Waals surface area contributed by atoms with Gasteiger partial charge in [0.15, 0.2) is 9.84 Å². The van der Waals surface area contributed by atoms with E-state index in [2.05, 4.69) is 0 Å². The Balaban J connectivity index is 3.03. The molecule has 0 N–H and O–H groups in total. The van der Waals surface area contributed by atoms with Crippen molar-refractivity contribution in [2.75, 3.05) is 0 Å². The first kappa shape index (κ1) is 10.9. The molecule has 0 aliphatic carbocycles. The van der Waals surface area contributed by atoms with E-state index in [9.17, 15) is 13.2 Å². The van der Waals surface area contributed by atoms with Crippen molar-refractivity contribution in [3.63, 3.8) is 0 Å². The zero-order chi connectivity index (χ0) is 10.6. The van der Waals surface area contributed by atoms with Crippen molar-refractivity contribution in [1.82, 2.24) is 0 Å². The topological polar surface area (TPSA) is 51.2 Å². The summed E-state index contributed by atoms with van der Waals surface area (Å²) in [4.78, 5) is 10.5. The molecule has 0 saturated carbocycles. The molecule has 1 aromatic rings. The van der Waals surface area contributed by atoms with Crippen LogP contribution in [0.4, 0.5) is 0 Å². The maximum atomic E-state index is 11.8. The lowest BCUT2D eigenvalue weighted by Crippen LogP contribution is -2.18. The van der Waals surface area contributed by atoms with Crippen LogP contribution in [-0.4, -0.2) is 20.0 Å². The van der Waals surface area contributed by atoms with Crippen LogP contribution in [0.25, 0.3) is 0 Å². The van der Waals surface area contributed by atoms with E-state index in [4.69, 9.17) is 0 Å². The van der Waals surface area contributed by atoms with E-state index in [1.165, 1.54) is 19.1 Å². The van der Waals surface area contributed by atoms with E-state index in [0.29, 0.717) is 6.29 Å². The zero-order valence-electron chi connectivity index (χ0n) is 7.88. The summed E-state index contributed by atoms with van der Waals surface area (Å²) in [6.07, 6.45) is 0.669.